The summed E-state index contributed by atoms with van der Waals surface area (Å²) in [6.07, 6.45) is 2.20. The largest absolute Gasteiger partial charge is 0.496 e. The first-order valence-electron chi connectivity index (χ1n) is 6.53. The molecule has 6 nitrogen and oxygen atoms in total. The Hall–Kier alpha value is -2.08. The molecular formula is C14H17N3O3. The fourth-order valence-corrected chi connectivity index (χ4v) is 2.25. The van der Waals surface area contributed by atoms with Gasteiger partial charge >= 0.3 is 0 Å². The molecule has 20 heavy (non-hydrogen) atoms. The monoisotopic (exact) mass is 275 g/mol. The standard InChI is InChI=1S/C14H17N3O3/c1-18-11-7-9(15)5-6-10(11)14-16-13(17-20-14)12(19-2)8-3-4-8/h5-8,12H,3-4,15H2,1-2H3. The molecule has 0 radical (unpaired) electrons. The maximum absolute atomic E-state index is 5.74. The van der Waals surface area contributed by atoms with Crippen LogP contribution in [-0.4, -0.2) is 24.4 Å². The van der Waals surface area contributed by atoms with Gasteiger partial charge < -0.3 is 19.7 Å². The number of hydrogen-bond donors (Lipinski definition) is 1. The van der Waals surface area contributed by atoms with Gasteiger partial charge in [-0.15, -0.1) is 0 Å². The fourth-order valence-electron chi connectivity index (χ4n) is 2.25. The number of nitrogens with two attached hydrogens (primary N) is 1. The van der Waals surface area contributed by atoms with Crippen LogP contribution in [0.25, 0.3) is 11.5 Å². The molecule has 0 saturated heterocycles. The van der Waals surface area contributed by atoms with Gasteiger partial charge in [0.25, 0.3) is 5.89 Å². The average molecular weight is 275 g/mol. The summed E-state index contributed by atoms with van der Waals surface area (Å²) in [5, 5.41) is 4.02. The molecule has 0 spiro atoms. The molecule has 1 aromatic carbocycles. The number of ether oxygens (including phenoxy) is 2. The van der Waals surface area contributed by atoms with Crippen LogP contribution in [0.1, 0.15) is 24.8 Å². The van der Waals surface area contributed by atoms with Crippen molar-refractivity contribution in [2.45, 2.75) is 18.9 Å². The van der Waals surface area contributed by atoms with Gasteiger partial charge in [-0.05, 0) is 30.9 Å². The second-order valence-corrected chi connectivity index (χ2v) is 4.91. The van der Waals surface area contributed by atoms with Crippen LogP contribution in [0, 0.1) is 5.92 Å². The van der Waals surface area contributed by atoms with Gasteiger partial charge in [0.2, 0.25) is 5.82 Å². The van der Waals surface area contributed by atoms with Gasteiger partial charge in [0, 0.05) is 18.9 Å². The maximum atomic E-state index is 5.74. The summed E-state index contributed by atoms with van der Waals surface area (Å²) in [5.41, 5.74) is 7.09. The van der Waals surface area contributed by atoms with Gasteiger partial charge in [-0.3, -0.25) is 0 Å². The number of nitrogen functional groups attached to an aromatic ring is 1. The van der Waals surface area contributed by atoms with Crippen LogP contribution in [0.5, 0.6) is 5.75 Å². The number of aromatic nitrogens is 2. The van der Waals surface area contributed by atoms with Gasteiger partial charge in [-0.25, -0.2) is 0 Å². The first kappa shape index (κ1) is 12.9. The molecule has 1 aromatic heterocycles. The van der Waals surface area contributed by atoms with Crippen molar-refractivity contribution in [3.8, 4) is 17.2 Å². The number of methoxy groups -OCH3 is 2. The van der Waals surface area contributed by atoms with Gasteiger partial charge in [-0.2, -0.15) is 4.98 Å². The Balaban J connectivity index is 1.93. The lowest BCUT2D eigenvalue weighted by Gasteiger charge is -2.08. The molecular weight excluding hydrogens is 258 g/mol. The van der Waals surface area contributed by atoms with Crippen LogP contribution in [0.4, 0.5) is 5.69 Å². The molecule has 1 heterocycles. The first-order chi connectivity index (χ1) is 9.72. The summed E-state index contributed by atoms with van der Waals surface area (Å²) in [5.74, 6) is 2.11. The van der Waals surface area contributed by atoms with E-state index in [0.29, 0.717) is 29.1 Å². The zero-order valence-electron chi connectivity index (χ0n) is 11.5. The number of nitrogens with zero attached hydrogens (tertiary/aromatic N) is 2. The van der Waals surface area contributed by atoms with Crippen molar-refractivity contribution in [2.24, 2.45) is 5.92 Å². The molecule has 0 bridgehead atoms. The van der Waals surface area contributed by atoms with Crippen molar-refractivity contribution in [1.29, 1.82) is 0 Å². The molecule has 1 aliphatic rings. The molecule has 1 atom stereocenters. The van der Waals surface area contributed by atoms with Crippen LogP contribution in [0.2, 0.25) is 0 Å². The highest BCUT2D eigenvalue weighted by atomic mass is 16.5. The normalized spacial score (nSPS) is 16.1. The van der Waals surface area contributed by atoms with E-state index in [1.54, 1.807) is 26.4 Å². The molecule has 6 heteroatoms. The zero-order chi connectivity index (χ0) is 14.1. The van der Waals surface area contributed by atoms with E-state index in [-0.39, 0.29) is 6.10 Å². The molecule has 1 unspecified atom stereocenters. The lowest BCUT2D eigenvalue weighted by Crippen LogP contribution is -2.05. The topological polar surface area (TPSA) is 83.4 Å². The number of benzene rings is 1. The van der Waals surface area contributed by atoms with Crippen LogP contribution in [-0.2, 0) is 4.74 Å². The molecule has 1 saturated carbocycles. The van der Waals surface area contributed by atoms with E-state index in [0.717, 1.165) is 18.4 Å². The minimum atomic E-state index is -0.0905. The van der Waals surface area contributed by atoms with Crippen molar-refractivity contribution in [3.05, 3.63) is 24.0 Å². The quantitative estimate of drug-likeness (QED) is 0.844. The summed E-state index contributed by atoms with van der Waals surface area (Å²) in [7, 11) is 3.25. The van der Waals surface area contributed by atoms with Gasteiger partial charge in [0.1, 0.15) is 11.9 Å². The first-order valence-corrected chi connectivity index (χ1v) is 6.53. The third-order valence-electron chi connectivity index (χ3n) is 3.46. The third kappa shape index (κ3) is 2.34. The van der Waals surface area contributed by atoms with E-state index < -0.39 is 0 Å². The molecule has 1 fully saturated rings. The summed E-state index contributed by atoms with van der Waals surface area (Å²) in [6.45, 7) is 0. The van der Waals surface area contributed by atoms with Crippen molar-refractivity contribution < 1.29 is 14.0 Å². The molecule has 2 N–H and O–H groups in total. The number of anilines is 1. The molecule has 2 aromatic rings. The van der Waals surface area contributed by atoms with Crippen molar-refractivity contribution in [2.75, 3.05) is 20.0 Å². The SMILES string of the molecule is COc1cc(N)ccc1-c1nc(C(OC)C2CC2)no1. The second-order valence-electron chi connectivity index (χ2n) is 4.91. The van der Waals surface area contributed by atoms with Gasteiger partial charge in [0.15, 0.2) is 0 Å². The van der Waals surface area contributed by atoms with Crippen molar-refractivity contribution >= 4 is 5.69 Å². The Kier molecular flexibility index (Phi) is 3.31. The Morgan fingerprint density at radius 1 is 1.35 bits per heavy atom. The zero-order valence-corrected chi connectivity index (χ0v) is 11.5. The molecule has 0 amide bonds. The van der Waals surface area contributed by atoms with Crippen LogP contribution >= 0.6 is 0 Å². The van der Waals surface area contributed by atoms with Gasteiger partial charge in [-0.1, -0.05) is 5.16 Å². The van der Waals surface area contributed by atoms with E-state index in [4.69, 9.17) is 19.7 Å². The lowest BCUT2D eigenvalue weighted by molar-refractivity contribution is 0.0751. The van der Waals surface area contributed by atoms with Crippen LogP contribution in [0.3, 0.4) is 0 Å². The fraction of sp³-hybridized carbons (Fsp3) is 0.429. The third-order valence-corrected chi connectivity index (χ3v) is 3.46. The van der Waals surface area contributed by atoms with E-state index in [1.165, 1.54) is 0 Å². The van der Waals surface area contributed by atoms with Crippen LogP contribution in [0.15, 0.2) is 22.7 Å². The van der Waals surface area contributed by atoms with E-state index in [9.17, 15) is 0 Å². The Morgan fingerprint density at radius 3 is 2.80 bits per heavy atom. The summed E-state index contributed by atoms with van der Waals surface area (Å²) < 4.78 is 16.1. The van der Waals surface area contributed by atoms with Crippen LogP contribution < -0.4 is 10.5 Å². The number of hydrogen-bond acceptors (Lipinski definition) is 6. The second kappa shape index (κ2) is 5.13. The highest BCUT2D eigenvalue weighted by Crippen LogP contribution is 2.42. The van der Waals surface area contributed by atoms with E-state index >= 15 is 0 Å². The maximum Gasteiger partial charge on any atom is 0.261 e. The van der Waals surface area contributed by atoms with Gasteiger partial charge in [0.05, 0.1) is 12.7 Å². The van der Waals surface area contributed by atoms with Crippen molar-refractivity contribution in [1.82, 2.24) is 10.1 Å². The predicted molar refractivity (Wildman–Crippen MR) is 73.2 cm³/mol. The molecule has 106 valence electrons. The van der Waals surface area contributed by atoms with E-state index in [1.807, 2.05) is 6.07 Å². The Morgan fingerprint density at radius 2 is 2.15 bits per heavy atom. The molecule has 1 aliphatic carbocycles. The molecule has 0 aliphatic heterocycles. The Labute approximate surface area is 116 Å². The predicted octanol–water partition coefficient (Wildman–Crippen LogP) is 2.42. The number of rotatable bonds is 5. The Bertz CT molecular complexity index is 607. The average Bonchev–Trinajstić information content (AvgIpc) is 3.17. The van der Waals surface area contributed by atoms with E-state index in [2.05, 4.69) is 10.1 Å². The summed E-state index contributed by atoms with van der Waals surface area (Å²) >= 11 is 0. The lowest BCUT2D eigenvalue weighted by atomic mass is 10.1. The molecule has 3 rings (SSSR count). The minimum Gasteiger partial charge on any atom is -0.496 e. The summed E-state index contributed by atoms with van der Waals surface area (Å²) in [4.78, 5) is 4.43. The highest BCUT2D eigenvalue weighted by molar-refractivity contribution is 5.66. The highest BCUT2D eigenvalue weighted by Gasteiger charge is 2.35. The summed E-state index contributed by atoms with van der Waals surface area (Å²) in [6, 6.07) is 5.31. The smallest absolute Gasteiger partial charge is 0.261 e. The minimum absolute atomic E-state index is 0.0905. The van der Waals surface area contributed by atoms with Crippen molar-refractivity contribution in [3.63, 3.8) is 0 Å².